The fourth-order valence-electron chi connectivity index (χ4n) is 2.26. The number of hydrogen-bond donors (Lipinski definition) is 2. The highest BCUT2D eigenvalue weighted by Gasteiger charge is 2.17. The molecule has 0 fully saturated rings. The van der Waals surface area contributed by atoms with Gasteiger partial charge < -0.3 is 0 Å². The second-order valence-corrected chi connectivity index (χ2v) is 9.06. The lowest BCUT2D eigenvalue weighted by molar-refractivity contribution is 0.599. The second kappa shape index (κ2) is 7.56. The van der Waals surface area contributed by atoms with Gasteiger partial charge in [0.15, 0.2) is 0 Å². The molecule has 10 heteroatoms. The van der Waals surface area contributed by atoms with Gasteiger partial charge in [0.25, 0.3) is 20.0 Å². The van der Waals surface area contributed by atoms with E-state index in [4.69, 9.17) is 0 Å². The van der Waals surface area contributed by atoms with E-state index >= 15 is 0 Å². The van der Waals surface area contributed by atoms with Gasteiger partial charge in [-0.1, -0.05) is 0 Å². The summed E-state index contributed by atoms with van der Waals surface area (Å²) < 4.78 is 79.7. The molecule has 6 nitrogen and oxygen atoms in total. The number of nitrogens with one attached hydrogen (secondary N) is 2. The molecule has 0 saturated carbocycles. The summed E-state index contributed by atoms with van der Waals surface area (Å²) in [5.74, 6) is -1.07. The van der Waals surface area contributed by atoms with Crippen molar-refractivity contribution in [2.45, 2.75) is 9.79 Å². The summed E-state index contributed by atoms with van der Waals surface area (Å²) >= 11 is 0. The van der Waals surface area contributed by atoms with E-state index in [1.807, 2.05) is 0 Å². The van der Waals surface area contributed by atoms with Crippen molar-refractivity contribution in [3.05, 3.63) is 84.4 Å². The van der Waals surface area contributed by atoms with E-state index in [0.29, 0.717) is 0 Å². The van der Waals surface area contributed by atoms with E-state index in [2.05, 4.69) is 9.44 Å². The third kappa shape index (κ3) is 4.65. The molecule has 0 aliphatic carbocycles. The first-order valence-corrected chi connectivity index (χ1v) is 10.8. The maximum absolute atomic E-state index is 12.9. The first-order valence-electron chi connectivity index (χ1n) is 7.83. The lowest BCUT2D eigenvalue weighted by Crippen LogP contribution is -2.14. The van der Waals surface area contributed by atoms with E-state index in [9.17, 15) is 25.6 Å². The molecule has 2 N–H and O–H groups in total. The molecule has 146 valence electrons. The molecule has 0 heterocycles. The summed E-state index contributed by atoms with van der Waals surface area (Å²) in [7, 11) is -7.88. The van der Waals surface area contributed by atoms with Crippen molar-refractivity contribution in [2.24, 2.45) is 0 Å². The predicted molar refractivity (Wildman–Crippen MR) is 101 cm³/mol. The van der Waals surface area contributed by atoms with Crippen LogP contribution in [0.4, 0.5) is 20.2 Å². The lowest BCUT2D eigenvalue weighted by Gasteiger charge is -2.10. The molecule has 0 unspecified atom stereocenters. The molecular formula is C18H14F2N2O4S2. The SMILES string of the molecule is O=S(=O)(Nc1ccc(S(=O)(=O)Nc2ccc(F)cc2)cc1)c1ccc(F)cc1. The Bertz CT molecular complexity index is 1180. The minimum absolute atomic E-state index is 0.110. The first-order chi connectivity index (χ1) is 13.2. The number of benzene rings is 3. The standard InChI is InChI=1S/C18H14F2N2O4S2/c19-13-1-5-15(6-2-13)21-28(25,26)18-11-7-16(8-12-18)22-27(23,24)17-9-3-14(20)4-10-17/h1-12,21-22H. The van der Waals surface area contributed by atoms with E-state index < -0.39 is 31.7 Å². The van der Waals surface area contributed by atoms with Crippen LogP contribution in [0.1, 0.15) is 0 Å². The Morgan fingerprint density at radius 3 is 1.18 bits per heavy atom. The molecule has 0 spiro atoms. The van der Waals surface area contributed by atoms with Gasteiger partial charge in [-0.3, -0.25) is 9.44 Å². The van der Waals surface area contributed by atoms with Gasteiger partial charge in [0.1, 0.15) is 11.6 Å². The zero-order valence-corrected chi connectivity index (χ0v) is 15.8. The number of anilines is 2. The zero-order chi connectivity index (χ0) is 20.4. The summed E-state index contributed by atoms with van der Waals surface area (Å²) in [5.41, 5.74) is 0.313. The molecule has 0 aromatic heterocycles. The van der Waals surface area contributed by atoms with E-state index in [-0.39, 0.29) is 21.2 Å². The minimum atomic E-state index is -3.95. The largest absolute Gasteiger partial charge is 0.280 e. The highest BCUT2D eigenvalue weighted by Crippen LogP contribution is 2.21. The molecule has 0 saturated heterocycles. The van der Waals surface area contributed by atoms with Crippen LogP contribution in [-0.2, 0) is 20.0 Å². The Morgan fingerprint density at radius 1 is 0.500 bits per heavy atom. The Balaban J connectivity index is 1.77. The topological polar surface area (TPSA) is 92.3 Å². The smallest absolute Gasteiger partial charge is 0.261 e. The summed E-state index contributed by atoms with van der Waals surface area (Å²) in [6.07, 6.45) is 0. The Labute approximate surface area is 160 Å². The summed E-state index contributed by atoms with van der Waals surface area (Å²) in [5, 5.41) is 0. The molecule has 0 atom stereocenters. The lowest BCUT2D eigenvalue weighted by atomic mass is 10.3. The quantitative estimate of drug-likeness (QED) is 0.633. The highest BCUT2D eigenvalue weighted by molar-refractivity contribution is 7.93. The van der Waals surface area contributed by atoms with Crippen molar-refractivity contribution in [3.8, 4) is 0 Å². The normalized spacial score (nSPS) is 11.8. The van der Waals surface area contributed by atoms with Crippen LogP contribution < -0.4 is 9.44 Å². The van der Waals surface area contributed by atoms with E-state index in [1.165, 1.54) is 36.4 Å². The van der Waals surface area contributed by atoms with Crippen molar-refractivity contribution >= 4 is 31.4 Å². The summed E-state index contributed by atoms with van der Waals surface area (Å²) in [6.45, 7) is 0. The molecule has 0 radical (unpaired) electrons. The van der Waals surface area contributed by atoms with Gasteiger partial charge in [-0.2, -0.15) is 0 Å². The average molecular weight is 424 g/mol. The monoisotopic (exact) mass is 424 g/mol. The van der Waals surface area contributed by atoms with Gasteiger partial charge in [-0.15, -0.1) is 0 Å². The molecular weight excluding hydrogens is 410 g/mol. The second-order valence-electron chi connectivity index (χ2n) is 5.70. The minimum Gasteiger partial charge on any atom is -0.280 e. The molecule has 3 aromatic rings. The predicted octanol–water partition coefficient (Wildman–Crippen LogP) is 3.57. The number of rotatable bonds is 6. The van der Waals surface area contributed by atoms with Gasteiger partial charge in [0.05, 0.1) is 9.79 Å². The van der Waals surface area contributed by atoms with Crippen molar-refractivity contribution in [3.63, 3.8) is 0 Å². The molecule has 0 aliphatic heterocycles. The Kier molecular flexibility index (Phi) is 5.34. The fourth-order valence-corrected chi connectivity index (χ4v) is 4.38. The third-order valence-corrected chi connectivity index (χ3v) is 6.43. The molecule has 0 amide bonds. The molecule has 3 rings (SSSR count). The van der Waals surface area contributed by atoms with Crippen LogP contribution in [0.5, 0.6) is 0 Å². The third-order valence-electron chi connectivity index (χ3n) is 3.64. The van der Waals surface area contributed by atoms with Gasteiger partial charge in [0, 0.05) is 11.4 Å². The fraction of sp³-hybridized carbons (Fsp3) is 0. The number of sulfonamides is 2. The molecule has 3 aromatic carbocycles. The highest BCUT2D eigenvalue weighted by atomic mass is 32.2. The van der Waals surface area contributed by atoms with Crippen LogP contribution in [0.3, 0.4) is 0 Å². The number of halogens is 2. The maximum atomic E-state index is 12.9. The van der Waals surface area contributed by atoms with E-state index in [0.717, 1.165) is 36.4 Å². The first kappa shape index (κ1) is 19.8. The Morgan fingerprint density at radius 2 is 0.786 bits per heavy atom. The number of hydrogen-bond acceptors (Lipinski definition) is 4. The van der Waals surface area contributed by atoms with Gasteiger partial charge in [0.2, 0.25) is 0 Å². The van der Waals surface area contributed by atoms with Gasteiger partial charge >= 0.3 is 0 Å². The van der Waals surface area contributed by atoms with Crippen LogP contribution in [-0.4, -0.2) is 16.8 Å². The van der Waals surface area contributed by atoms with Gasteiger partial charge in [-0.25, -0.2) is 25.6 Å². The summed E-state index contributed by atoms with van der Waals surface area (Å²) in [6, 6.07) is 14.0. The molecule has 28 heavy (non-hydrogen) atoms. The maximum Gasteiger partial charge on any atom is 0.261 e. The van der Waals surface area contributed by atoms with Crippen molar-refractivity contribution < 1.29 is 25.6 Å². The Hall–Kier alpha value is -2.98. The van der Waals surface area contributed by atoms with Crippen molar-refractivity contribution in [1.29, 1.82) is 0 Å². The zero-order valence-electron chi connectivity index (χ0n) is 14.1. The summed E-state index contributed by atoms with van der Waals surface area (Å²) in [4.78, 5) is -0.245. The van der Waals surface area contributed by atoms with Crippen LogP contribution in [0.2, 0.25) is 0 Å². The van der Waals surface area contributed by atoms with Crippen molar-refractivity contribution in [1.82, 2.24) is 0 Å². The van der Waals surface area contributed by atoms with Crippen LogP contribution in [0, 0.1) is 11.6 Å². The van der Waals surface area contributed by atoms with Crippen LogP contribution in [0.25, 0.3) is 0 Å². The van der Waals surface area contributed by atoms with Crippen LogP contribution >= 0.6 is 0 Å². The molecule has 0 bridgehead atoms. The van der Waals surface area contributed by atoms with Crippen molar-refractivity contribution in [2.75, 3.05) is 9.44 Å². The van der Waals surface area contributed by atoms with Crippen LogP contribution in [0.15, 0.2) is 82.6 Å². The molecule has 0 aliphatic rings. The average Bonchev–Trinajstić information content (AvgIpc) is 2.64. The van der Waals surface area contributed by atoms with E-state index in [1.54, 1.807) is 0 Å². The van der Waals surface area contributed by atoms with Gasteiger partial charge in [-0.05, 0) is 72.8 Å².